The molecule has 0 fully saturated rings. The fourth-order valence-electron chi connectivity index (χ4n) is 1.77. The van der Waals surface area contributed by atoms with Crippen molar-refractivity contribution in [1.29, 1.82) is 0 Å². The lowest BCUT2D eigenvalue weighted by Gasteiger charge is -2.08. The van der Waals surface area contributed by atoms with Crippen LogP contribution in [0.4, 0.5) is 5.69 Å². The molecule has 1 atom stereocenters. The van der Waals surface area contributed by atoms with Crippen LogP contribution in [-0.2, 0) is 6.54 Å². The Morgan fingerprint density at radius 3 is 2.81 bits per heavy atom. The van der Waals surface area contributed by atoms with E-state index < -0.39 is 4.92 Å². The number of halogens is 1. The first-order valence-electron chi connectivity index (χ1n) is 6.38. The summed E-state index contributed by atoms with van der Waals surface area (Å²) in [6.07, 6.45) is 0. The maximum Gasteiger partial charge on any atom is 0.270 e. The Bertz CT molecular complexity index is 642. The first-order chi connectivity index (χ1) is 10.0. The average molecular weight is 355 g/mol. The number of hydrogen-bond acceptors (Lipinski definition) is 5. The quantitative estimate of drug-likeness (QED) is 0.614. The summed E-state index contributed by atoms with van der Waals surface area (Å²) in [5.74, 6) is 1.36. The zero-order valence-electron chi connectivity index (χ0n) is 11.4. The molecule has 0 bridgehead atoms. The van der Waals surface area contributed by atoms with Crippen LogP contribution in [0.2, 0.25) is 0 Å². The number of hydrogen-bond donors (Lipinski definition) is 2. The number of nitro groups is 1. The summed E-state index contributed by atoms with van der Waals surface area (Å²) in [7, 11) is 0. The van der Waals surface area contributed by atoms with Gasteiger partial charge in [0.25, 0.3) is 5.69 Å². The van der Waals surface area contributed by atoms with Crippen LogP contribution in [0.1, 0.15) is 12.7 Å². The molecule has 1 heterocycles. The number of nitro benzene ring substituents is 1. The third-order valence-corrected chi connectivity index (χ3v) is 3.65. The van der Waals surface area contributed by atoms with Gasteiger partial charge >= 0.3 is 0 Å². The highest BCUT2D eigenvalue weighted by Crippen LogP contribution is 2.32. The summed E-state index contributed by atoms with van der Waals surface area (Å²) >= 11 is 3.32. The molecule has 6 nitrogen and oxygen atoms in total. The van der Waals surface area contributed by atoms with Crippen molar-refractivity contribution in [2.75, 3.05) is 6.61 Å². The van der Waals surface area contributed by atoms with E-state index >= 15 is 0 Å². The summed E-state index contributed by atoms with van der Waals surface area (Å²) in [6.45, 7) is 2.44. The lowest BCUT2D eigenvalue weighted by atomic mass is 10.1. The molecule has 1 aromatic carbocycles. The van der Waals surface area contributed by atoms with Gasteiger partial charge in [0.2, 0.25) is 0 Å². The normalized spacial score (nSPS) is 12.3. The molecule has 0 spiro atoms. The minimum atomic E-state index is -0.442. The molecular formula is C14H15BrN2O4. The van der Waals surface area contributed by atoms with E-state index in [4.69, 9.17) is 9.52 Å². The average Bonchev–Trinajstić information content (AvgIpc) is 2.93. The van der Waals surface area contributed by atoms with Crippen molar-refractivity contribution >= 4 is 21.6 Å². The topological polar surface area (TPSA) is 88.5 Å². The second kappa shape index (κ2) is 6.84. The maximum absolute atomic E-state index is 10.7. The van der Waals surface area contributed by atoms with Gasteiger partial charge in [0.15, 0.2) is 0 Å². The van der Waals surface area contributed by atoms with Gasteiger partial charge in [-0.25, -0.2) is 0 Å². The zero-order valence-corrected chi connectivity index (χ0v) is 13.0. The van der Waals surface area contributed by atoms with Crippen molar-refractivity contribution in [2.24, 2.45) is 0 Å². The first kappa shape index (κ1) is 15.7. The highest BCUT2D eigenvalue weighted by molar-refractivity contribution is 9.10. The molecule has 0 amide bonds. The Kier molecular flexibility index (Phi) is 5.11. The minimum absolute atomic E-state index is 0.00957. The molecule has 2 rings (SSSR count). The van der Waals surface area contributed by atoms with Gasteiger partial charge in [-0.1, -0.05) is 0 Å². The van der Waals surface area contributed by atoms with Crippen molar-refractivity contribution in [1.82, 2.24) is 5.32 Å². The molecule has 0 saturated heterocycles. The van der Waals surface area contributed by atoms with Crippen LogP contribution in [0.3, 0.4) is 0 Å². The smallest absolute Gasteiger partial charge is 0.270 e. The largest absolute Gasteiger partial charge is 0.460 e. The van der Waals surface area contributed by atoms with Gasteiger partial charge in [0.05, 0.1) is 18.1 Å². The zero-order chi connectivity index (χ0) is 15.4. The second-order valence-corrected chi connectivity index (χ2v) is 5.51. The Morgan fingerprint density at radius 2 is 2.19 bits per heavy atom. The molecule has 0 radical (unpaired) electrons. The van der Waals surface area contributed by atoms with Crippen LogP contribution in [0.25, 0.3) is 11.3 Å². The summed E-state index contributed by atoms with van der Waals surface area (Å²) in [5.41, 5.74) is 0.776. The Hall–Kier alpha value is -1.70. The van der Waals surface area contributed by atoms with Gasteiger partial charge in [-0.15, -0.1) is 0 Å². The lowest BCUT2D eigenvalue weighted by Crippen LogP contribution is -2.28. The highest BCUT2D eigenvalue weighted by atomic mass is 79.9. The van der Waals surface area contributed by atoms with Crippen LogP contribution >= 0.6 is 15.9 Å². The molecule has 1 aromatic heterocycles. The Morgan fingerprint density at radius 1 is 1.43 bits per heavy atom. The monoisotopic (exact) mass is 354 g/mol. The molecule has 0 aliphatic heterocycles. The number of non-ortho nitro benzene ring substituents is 1. The third kappa shape index (κ3) is 3.90. The van der Waals surface area contributed by atoms with Crippen molar-refractivity contribution in [2.45, 2.75) is 19.5 Å². The molecule has 2 aromatic rings. The summed E-state index contributed by atoms with van der Waals surface area (Å²) < 4.78 is 6.31. The molecule has 0 aliphatic rings. The van der Waals surface area contributed by atoms with E-state index in [9.17, 15) is 10.1 Å². The van der Waals surface area contributed by atoms with Crippen molar-refractivity contribution < 1.29 is 14.4 Å². The number of furan rings is 1. The van der Waals surface area contributed by atoms with Crippen molar-refractivity contribution in [3.05, 3.63) is 50.7 Å². The molecule has 0 aliphatic carbocycles. The van der Waals surface area contributed by atoms with Crippen LogP contribution < -0.4 is 5.32 Å². The predicted octanol–water partition coefficient (Wildman–Crippen LogP) is 3.09. The van der Waals surface area contributed by atoms with Crippen LogP contribution in [0.15, 0.2) is 39.2 Å². The molecule has 21 heavy (non-hydrogen) atoms. The van der Waals surface area contributed by atoms with Gasteiger partial charge in [0.1, 0.15) is 11.5 Å². The van der Waals surface area contributed by atoms with Crippen LogP contribution in [0.5, 0.6) is 0 Å². The Labute approximate surface area is 130 Å². The highest BCUT2D eigenvalue weighted by Gasteiger charge is 2.13. The summed E-state index contributed by atoms with van der Waals surface area (Å²) in [4.78, 5) is 10.3. The molecule has 2 N–H and O–H groups in total. The molecule has 112 valence electrons. The van der Waals surface area contributed by atoms with E-state index in [-0.39, 0.29) is 18.3 Å². The standard InChI is InChI=1S/C14H15BrN2O4/c1-9(8-18)16-7-11-3-5-14(21-11)12-4-2-10(17(19)20)6-13(12)15/h2-6,9,16,18H,7-8H2,1H3/t9-/m1/s1. The van der Waals surface area contributed by atoms with Gasteiger partial charge in [-0.05, 0) is 41.1 Å². The van der Waals surface area contributed by atoms with Gasteiger partial charge < -0.3 is 14.8 Å². The van der Waals surface area contributed by atoms with Crippen molar-refractivity contribution in [3.8, 4) is 11.3 Å². The van der Waals surface area contributed by atoms with Crippen molar-refractivity contribution in [3.63, 3.8) is 0 Å². The van der Waals surface area contributed by atoms with Gasteiger partial charge in [-0.3, -0.25) is 10.1 Å². The fraction of sp³-hybridized carbons (Fsp3) is 0.286. The lowest BCUT2D eigenvalue weighted by molar-refractivity contribution is -0.384. The Balaban J connectivity index is 2.16. The molecule has 0 saturated carbocycles. The van der Waals surface area contributed by atoms with E-state index in [1.54, 1.807) is 6.07 Å². The number of aliphatic hydroxyl groups excluding tert-OH is 1. The molecule has 7 heteroatoms. The van der Waals surface area contributed by atoms with Gasteiger partial charge in [0, 0.05) is 28.2 Å². The van der Waals surface area contributed by atoms with Crippen LogP contribution in [0, 0.1) is 10.1 Å². The van der Waals surface area contributed by atoms with Crippen LogP contribution in [-0.4, -0.2) is 22.7 Å². The van der Waals surface area contributed by atoms with E-state index in [1.165, 1.54) is 12.1 Å². The van der Waals surface area contributed by atoms with E-state index in [1.807, 2.05) is 19.1 Å². The summed E-state index contributed by atoms with van der Waals surface area (Å²) in [5, 5.41) is 22.8. The maximum atomic E-state index is 10.7. The molecule has 0 unspecified atom stereocenters. The van der Waals surface area contributed by atoms with E-state index in [0.717, 1.165) is 11.3 Å². The van der Waals surface area contributed by atoms with E-state index in [0.29, 0.717) is 16.8 Å². The SMILES string of the molecule is C[C@H](CO)NCc1ccc(-c2ccc([N+](=O)[O-])cc2Br)o1. The third-order valence-electron chi connectivity index (χ3n) is 2.99. The summed E-state index contributed by atoms with van der Waals surface area (Å²) in [6, 6.07) is 8.17. The van der Waals surface area contributed by atoms with E-state index in [2.05, 4.69) is 21.2 Å². The second-order valence-electron chi connectivity index (χ2n) is 4.65. The number of nitrogens with zero attached hydrogens (tertiary/aromatic N) is 1. The number of aliphatic hydroxyl groups is 1. The number of rotatable bonds is 6. The van der Waals surface area contributed by atoms with Gasteiger partial charge in [-0.2, -0.15) is 0 Å². The fourth-order valence-corrected chi connectivity index (χ4v) is 2.34. The number of benzene rings is 1. The first-order valence-corrected chi connectivity index (χ1v) is 7.18. The predicted molar refractivity (Wildman–Crippen MR) is 81.9 cm³/mol. The number of nitrogens with one attached hydrogen (secondary N) is 1. The molecular weight excluding hydrogens is 340 g/mol. The minimum Gasteiger partial charge on any atom is -0.460 e.